The lowest BCUT2D eigenvalue weighted by molar-refractivity contribution is -0.858. The average Bonchev–Trinajstić information content (AvgIpc) is 2.57. The van der Waals surface area contributed by atoms with Crippen LogP contribution in [0.3, 0.4) is 0 Å². The van der Waals surface area contributed by atoms with Gasteiger partial charge in [0.05, 0.1) is 20.6 Å². The molecule has 0 spiro atoms. The van der Waals surface area contributed by atoms with Gasteiger partial charge in [-0.1, -0.05) is 88.6 Å². The summed E-state index contributed by atoms with van der Waals surface area (Å²) in [6.07, 6.45) is 14.5. The van der Waals surface area contributed by atoms with Gasteiger partial charge >= 0.3 is 0 Å². The molecule has 1 aromatic carbocycles. The fraction of sp³-hybridized carbons (Fsp3) is 0.714. The van der Waals surface area contributed by atoms with Crippen molar-refractivity contribution in [2.24, 2.45) is 0 Å². The molecule has 0 unspecified atom stereocenters. The molecule has 1 N–H and O–H groups in total. The summed E-state index contributed by atoms with van der Waals surface area (Å²) < 4.78 is 0. The van der Waals surface area contributed by atoms with E-state index in [4.69, 9.17) is 11.6 Å². The lowest BCUT2D eigenvalue weighted by Crippen LogP contribution is -3.05. The minimum absolute atomic E-state index is 0.612. The summed E-state index contributed by atoms with van der Waals surface area (Å²) in [5.74, 6) is 0.612. The number of hydrogen-bond acceptors (Lipinski definition) is 0. The molecule has 1 nitrogen and oxygen atoms in total. The van der Waals surface area contributed by atoms with Crippen molar-refractivity contribution in [1.29, 1.82) is 0 Å². The molecule has 0 heterocycles. The van der Waals surface area contributed by atoms with Crippen LogP contribution in [0.1, 0.15) is 76.7 Å². The highest BCUT2D eigenvalue weighted by Crippen LogP contribution is 2.09. The molecule has 0 saturated carbocycles. The molecular weight excluding hydrogens is 302 g/mol. The molecule has 0 aliphatic carbocycles. The van der Waals surface area contributed by atoms with E-state index < -0.39 is 0 Å². The first-order chi connectivity index (χ1) is 11.2. The van der Waals surface area contributed by atoms with Gasteiger partial charge in [-0.25, -0.2) is 0 Å². The van der Waals surface area contributed by atoms with E-state index in [1.54, 1.807) is 4.90 Å². The molecule has 2 heteroatoms. The molecule has 1 rings (SSSR count). The highest BCUT2D eigenvalue weighted by molar-refractivity contribution is 6.17. The molecule has 134 valence electrons. The number of alkyl halides is 1. The third-order valence-corrected chi connectivity index (χ3v) is 4.34. The van der Waals surface area contributed by atoms with Crippen LogP contribution < -0.4 is 4.90 Å². The van der Waals surface area contributed by atoms with Crippen molar-refractivity contribution < 1.29 is 4.90 Å². The summed E-state index contributed by atoms with van der Waals surface area (Å²) in [4.78, 5) is 1.59. The van der Waals surface area contributed by atoms with Crippen LogP contribution in [0.2, 0.25) is 0 Å². The normalized spacial score (nSPS) is 10.5. The molecular formula is C21H39ClN+. The Morgan fingerprint density at radius 3 is 1.61 bits per heavy atom. The summed E-state index contributed by atoms with van der Waals surface area (Å²) in [7, 11) is 4.49. The Balaban J connectivity index is 0.000000502. The number of quaternary nitrogens is 1. The fourth-order valence-electron chi connectivity index (χ4n) is 2.53. The van der Waals surface area contributed by atoms with Gasteiger partial charge in [-0.2, -0.15) is 0 Å². The van der Waals surface area contributed by atoms with Crippen molar-refractivity contribution in [3.63, 3.8) is 0 Å². The summed E-state index contributed by atoms with van der Waals surface area (Å²) in [6, 6.07) is 9.96. The monoisotopic (exact) mass is 340 g/mol. The minimum atomic E-state index is 0.612. The quantitative estimate of drug-likeness (QED) is 0.379. The molecule has 0 aliphatic rings. The SMILES string of the molecule is CCCCCCCCCCCC[NH+](C)C.ClCc1ccccc1. The highest BCUT2D eigenvalue weighted by Gasteiger charge is 1.94. The Kier molecular flexibility index (Phi) is 17.4. The maximum Gasteiger partial charge on any atom is 0.0766 e. The van der Waals surface area contributed by atoms with Gasteiger partial charge in [0, 0.05) is 5.88 Å². The standard InChI is InChI=1S/C14H31N.C7H7Cl/c1-4-5-6-7-8-9-10-11-12-13-14-15(2)3;8-6-7-4-2-1-3-5-7/h4-14H2,1-3H3;1-5H,6H2/p+1. The van der Waals surface area contributed by atoms with Gasteiger partial charge in [-0.15, -0.1) is 11.6 Å². The van der Waals surface area contributed by atoms with Crippen LogP contribution in [-0.4, -0.2) is 20.6 Å². The Labute approximate surface area is 150 Å². The van der Waals surface area contributed by atoms with Crippen molar-refractivity contribution in [1.82, 2.24) is 0 Å². The number of unbranched alkanes of at least 4 members (excludes halogenated alkanes) is 9. The van der Waals surface area contributed by atoms with Crippen LogP contribution in [0, 0.1) is 0 Å². The summed E-state index contributed by atoms with van der Waals surface area (Å²) >= 11 is 5.53. The Morgan fingerprint density at radius 2 is 1.22 bits per heavy atom. The van der Waals surface area contributed by atoms with E-state index in [2.05, 4.69) is 21.0 Å². The Bertz CT molecular complexity index is 324. The van der Waals surface area contributed by atoms with Crippen molar-refractivity contribution >= 4 is 11.6 Å². The van der Waals surface area contributed by atoms with Gasteiger partial charge in [-0.3, -0.25) is 0 Å². The third-order valence-electron chi connectivity index (χ3n) is 4.03. The first kappa shape index (κ1) is 22.5. The van der Waals surface area contributed by atoms with E-state index in [9.17, 15) is 0 Å². The second-order valence-corrected chi connectivity index (χ2v) is 7.03. The summed E-state index contributed by atoms with van der Waals surface area (Å²) in [6.45, 7) is 3.63. The van der Waals surface area contributed by atoms with Gasteiger partial charge in [0.2, 0.25) is 0 Å². The fourth-order valence-corrected chi connectivity index (χ4v) is 2.71. The lowest BCUT2D eigenvalue weighted by atomic mass is 10.1. The zero-order chi connectivity index (χ0) is 17.2. The molecule has 1 aromatic rings. The maximum absolute atomic E-state index is 5.53. The Hall–Kier alpha value is -0.530. The lowest BCUT2D eigenvalue weighted by Gasteiger charge is -2.06. The van der Waals surface area contributed by atoms with Gasteiger partial charge in [-0.05, 0) is 18.4 Å². The molecule has 0 radical (unpaired) electrons. The summed E-state index contributed by atoms with van der Waals surface area (Å²) in [5, 5.41) is 0. The van der Waals surface area contributed by atoms with Crippen LogP contribution in [0.15, 0.2) is 30.3 Å². The van der Waals surface area contributed by atoms with Crippen molar-refractivity contribution in [2.75, 3.05) is 20.6 Å². The van der Waals surface area contributed by atoms with E-state index in [0.29, 0.717) is 5.88 Å². The van der Waals surface area contributed by atoms with E-state index in [-0.39, 0.29) is 0 Å². The largest absolute Gasteiger partial charge is 0.340 e. The second-order valence-electron chi connectivity index (χ2n) is 6.76. The van der Waals surface area contributed by atoms with Crippen LogP contribution >= 0.6 is 11.6 Å². The van der Waals surface area contributed by atoms with E-state index in [1.165, 1.54) is 76.3 Å². The zero-order valence-corrected chi connectivity index (χ0v) is 16.5. The Morgan fingerprint density at radius 1 is 0.739 bits per heavy atom. The second kappa shape index (κ2) is 17.8. The van der Waals surface area contributed by atoms with Crippen molar-refractivity contribution in [3.8, 4) is 0 Å². The molecule has 0 atom stereocenters. The van der Waals surface area contributed by atoms with Gasteiger partial charge < -0.3 is 4.90 Å². The highest BCUT2D eigenvalue weighted by atomic mass is 35.5. The van der Waals surface area contributed by atoms with E-state index in [0.717, 1.165) is 0 Å². The molecule has 23 heavy (non-hydrogen) atoms. The predicted molar refractivity (Wildman–Crippen MR) is 106 cm³/mol. The van der Waals surface area contributed by atoms with Crippen molar-refractivity contribution in [2.45, 2.75) is 77.0 Å². The van der Waals surface area contributed by atoms with Crippen LogP contribution in [0.25, 0.3) is 0 Å². The first-order valence-corrected chi connectivity index (χ1v) is 10.1. The van der Waals surface area contributed by atoms with E-state index >= 15 is 0 Å². The van der Waals surface area contributed by atoms with Crippen LogP contribution in [-0.2, 0) is 5.88 Å². The number of hydrogen-bond donors (Lipinski definition) is 1. The smallest absolute Gasteiger partial charge is 0.0766 e. The molecule has 0 bridgehead atoms. The van der Waals surface area contributed by atoms with Crippen LogP contribution in [0.4, 0.5) is 0 Å². The number of benzene rings is 1. The molecule has 0 aromatic heterocycles. The number of nitrogens with one attached hydrogen (secondary N) is 1. The average molecular weight is 341 g/mol. The molecule has 0 aliphatic heterocycles. The first-order valence-electron chi connectivity index (χ1n) is 9.59. The molecule has 0 amide bonds. The zero-order valence-electron chi connectivity index (χ0n) is 15.7. The number of rotatable bonds is 12. The molecule has 0 fully saturated rings. The summed E-state index contributed by atoms with van der Waals surface area (Å²) in [5.41, 5.74) is 1.18. The van der Waals surface area contributed by atoms with Crippen molar-refractivity contribution in [3.05, 3.63) is 35.9 Å². The van der Waals surface area contributed by atoms with Gasteiger partial charge in [0.1, 0.15) is 0 Å². The van der Waals surface area contributed by atoms with Gasteiger partial charge in [0.15, 0.2) is 0 Å². The number of halogens is 1. The predicted octanol–water partition coefficient (Wildman–Crippen LogP) is 5.48. The topological polar surface area (TPSA) is 4.44 Å². The van der Waals surface area contributed by atoms with Gasteiger partial charge in [0.25, 0.3) is 0 Å². The minimum Gasteiger partial charge on any atom is -0.340 e. The maximum atomic E-state index is 5.53. The molecule has 0 saturated heterocycles. The van der Waals surface area contributed by atoms with E-state index in [1.807, 2.05) is 30.3 Å². The third kappa shape index (κ3) is 17.7. The van der Waals surface area contributed by atoms with Crippen LogP contribution in [0.5, 0.6) is 0 Å².